The fraction of sp³-hybridized carbons (Fsp3) is 0.588. The van der Waals surface area contributed by atoms with Crippen LogP contribution >= 0.6 is 0 Å². The van der Waals surface area contributed by atoms with E-state index in [2.05, 4.69) is 22.8 Å². The number of aliphatic hydroxyl groups excluding tert-OH is 1. The van der Waals surface area contributed by atoms with Crippen molar-refractivity contribution in [2.24, 2.45) is 0 Å². The summed E-state index contributed by atoms with van der Waals surface area (Å²) in [7, 11) is 0. The Bertz CT molecular complexity index is 444. The minimum absolute atomic E-state index is 0.0172. The number of rotatable bonds is 6. The Hall–Kier alpha value is -1.75. The van der Waals surface area contributed by atoms with Crippen LogP contribution in [0.3, 0.4) is 0 Å². The number of urea groups is 1. The largest absolute Gasteiger partial charge is 0.396 e. The lowest BCUT2D eigenvalue weighted by atomic mass is 10.0. The molecule has 1 heterocycles. The average Bonchev–Trinajstić information content (AvgIpc) is 2.54. The molecule has 2 amide bonds. The van der Waals surface area contributed by atoms with Crippen molar-refractivity contribution < 1.29 is 9.90 Å². The van der Waals surface area contributed by atoms with E-state index in [1.165, 1.54) is 0 Å². The fourth-order valence-electron chi connectivity index (χ4n) is 2.77. The van der Waals surface area contributed by atoms with Gasteiger partial charge in [0.15, 0.2) is 0 Å². The van der Waals surface area contributed by atoms with Crippen LogP contribution in [0.5, 0.6) is 0 Å². The summed E-state index contributed by atoms with van der Waals surface area (Å²) in [6.45, 7) is 3.72. The van der Waals surface area contributed by atoms with Gasteiger partial charge >= 0.3 is 6.03 Å². The molecular formula is C17H27N3O2. The zero-order valence-electron chi connectivity index (χ0n) is 13.3. The van der Waals surface area contributed by atoms with Gasteiger partial charge in [0, 0.05) is 37.5 Å². The molecule has 5 nitrogen and oxygen atoms in total. The second-order valence-electron chi connectivity index (χ2n) is 5.99. The van der Waals surface area contributed by atoms with E-state index in [4.69, 9.17) is 5.11 Å². The number of piperidine rings is 1. The molecule has 1 unspecified atom stereocenters. The summed E-state index contributed by atoms with van der Waals surface area (Å²) >= 11 is 0. The van der Waals surface area contributed by atoms with Crippen molar-refractivity contribution in [2.45, 2.75) is 44.7 Å². The molecule has 5 heteroatoms. The van der Waals surface area contributed by atoms with E-state index in [9.17, 15) is 4.79 Å². The molecule has 0 radical (unpaired) electrons. The molecule has 0 spiro atoms. The molecule has 122 valence electrons. The number of likely N-dealkylation sites (tertiary alicyclic amines) is 1. The third-order valence-electron chi connectivity index (χ3n) is 4.09. The lowest BCUT2D eigenvalue weighted by Crippen LogP contribution is -2.49. The Kier molecular flexibility index (Phi) is 6.52. The molecule has 22 heavy (non-hydrogen) atoms. The predicted molar refractivity (Wildman–Crippen MR) is 89.0 cm³/mol. The van der Waals surface area contributed by atoms with Crippen molar-refractivity contribution in [1.82, 2.24) is 10.2 Å². The van der Waals surface area contributed by atoms with E-state index >= 15 is 0 Å². The van der Waals surface area contributed by atoms with Gasteiger partial charge in [-0.05, 0) is 44.7 Å². The van der Waals surface area contributed by atoms with Crippen molar-refractivity contribution in [3.8, 4) is 0 Å². The summed E-state index contributed by atoms with van der Waals surface area (Å²) in [5.41, 5.74) is 1.14. The number of hydrogen-bond donors (Lipinski definition) is 3. The summed E-state index contributed by atoms with van der Waals surface area (Å²) in [6, 6.07) is 10.8. The third kappa shape index (κ3) is 5.22. The standard InChI is InChI=1S/C17H27N3O2/c1-14(6-5-13-21)18-17(22)20-11-9-16(10-12-20)19-15-7-3-2-4-8-15/h2-4,7-8,14,16,19,21H,5-6,9-13H2,1H3,(H,18,22). The summed E-state index contributed by atoms with van der Waals surface area (Å²) in [6.07, 6.45) is 3.47. The van der Waals surface area contributed by atoms with Gasteiger partial charge in [-0.15, -0.1) is 0 Å². The molecule has 2 rings (SSSR count). The quantitative estimate of drug-likeness (QED) is 0.756. The number of amides is 2. The maximum atomic E-state index is 12.2. The molecule has 1 aliphatic rings. The lowest BCUT2D eigenvalue weighted by Gasteiger charge is -2.33. The Morgan fingerprint density at radius 1 is 1.32 bits per heavy atom. The van der Waals surface area contributed by atoms with Crippen LogP contribution in [0.25, 0.3) is 0 Å². The number of para-hydroxylation sites is 1. The first-order valence-corrected chi connectivity index (χ1v) is 8.17. The molecule has 1 saturated heterocycles. The van der Waals surface area contributed by atoms with Crippen LogP contribution < -0.4 is 10.6 Å². The topological polar surface area (TPSA) is 64.6 Å². The number of benzene rings is 1. The first-order valence-electron chi connectivity index (χ1n) is 8.17. The minimum atomic E-state index is 0.0172. The number of carbonyl (C=O) groups is 1. The Balaban J connectivity index is 1.71. The molecular weight excluding hydrogens is 278 g/mol. The summed E-state index contributed by atoms with van der Waals surface area (Å²) in [5.74, 6) is 0. The van der Waals surface area contributed by atoms with E-state index in [1.807, 2.05) is 30.0 Å². The van der Waals surface area contributed by atoms with Gasteiger partial charge in [-0.25, -0.2) is 4.79 Å². The van der Waals surface area contributed by atoms with E-state index in [-0.39, 0.29) is 18.7 Å². The molecule has 1 aromatic carbocycles. The molecule has 1 atom stereocenters. The van der Waals surface area contributed by atoms with Crippen LogP contribution in [0.1, 0.15) is 32.6 Å². The molecule has 1 aromatic rings. The van der Waals surface area contributed by atoms with Crippen molar-refractivity contribution in [2.75, 3.05) is 25.0 Å². The minimum Gasteiger partial charge on any atom is -0.396 e. The molecule has 1 aliphatic heterocycles. The number of nitrogens with zero attached hydrogens (tertiary/aromatic N) is 1. The van der Waals surface area contributed by atoms with Gasteiger partial charge < -0.3 is 20.6 Å². The number of aliphatic hydroxyl groups is 1. The monoisotopic (exact) mass is 305 g/mol. The predicted octanol–water partition coefficient (Wildman–Crippen LogP) is 2.43. The molecule has 0 bridgehead atoms. The smallest absolute Gasteiger partial charge is 0.317 e. The van der Waals surface area contributed by atoms with Crippen molar-refractivity contribution in [3.63, 3.8) is 0 Å². The van der Waals surface area contributed by atoms with Crippen molar-refractivity contribution >= 4 is 11.7 Å². The van der Waals surface area contributed by atoms with Crippen LogP contribution in [0.2, 0.25) is 0 Å². The van der Waals surface area contributed by atoms with E-state index in [1.54, 1.807) is 0 Å². The van der Waals surface area contributed by atoms with Crippen molar-refractivity contribution in [3.05, 3.63) is 30.3 Å². The summed E-state index contributed by atoms with van der Waals surface area (Å²) < 4.78 is 0. The second-order valence-corrected chi connectivity index (χ2v) is 5.99. The highest BCUT2D eigenvalue weighted by Gasteiger charge is 2.23. The highest BCUT2D eigenvalue weighted by molar-refractivity contribution is 5.74. The molecule has 0 saturated carbocycles. The van der Waals surface area contributed by atoms with Gasteiger partial charge in [0.1, 0.15) is 0 Å². The van der Waals surface area contributed by atoms with Crippen LogP contribution in [-0.2, 0) is 0 Å². The Morgan fingerprint density at radius 2 is 2.00 bits per heavy atom. The number of nitrogens with one attached hydrogen (secondary N) is 2. The van der Waals surface area contributed by atoms with E-state index < -0.39 is 0 Å². The third-order valence-corrected chi connectivity index (χ3v) is 4.09. The van der Waals surface area contributed by atoms with Gasteiger partial charge in [-0.2, -0.15) is 0 Å². The van der Waals surface area contributed by atoms with Gasteiger partial charge in [0.25, 0.3) is 0 Å². The number of hydrogen-bond acceptors (Lipinski definition) is 3. The summed E-state index contributed by atoms with van der Waals surface area (Å²) in [5, 5.41) is 15.3. The van der Waals surface area contributed by atoms with Crippen LogP contribution in [0, 0.1) is 0 Å². The van der Waals surface area contributed by atoms with Crippen LogP contribution in [-0.4, -0.2) is 47.8 Å². The van der Waals surface area contributed by atoms with Gasteiger partial charge in [-0.3, -0.25) is 0 Å². The zero-order valence-corrected chi connectivity index (χ0v) is 13.3. The van der Waals surface area contributed by atoms with Gasteiger partial charge in [0.05, 0.1) is 0 Å². The van der Waals surface area contributed by atoms with Crippen molar-refractivity contribution in [1.29, 1.82) is 0 Å². The van der Waals surface area contributed by atoms with Gasteiger partial charge in [-0.1, -0.05) is 18.2 Å². The highest BCUT2D eigenvalue weighted by atomic mass is 16.3. The maximum absolute atomic E-state index is 12.2. The molecule has 0 aliphatic carbocycles. The Labute approximate surface area is 132 Å². The zero-order chi connectivity index (χ0) is 15.8. The SMILES string of the molecule is CC(CCCO)NC(=O)N1CCC(Nc2ccccc2)CC1. The maximum Gasteiger partial charge on any atom is 0.317 e. The number of carbonyl (C=O) groups excluding carboxylic acids is 1. The first kappa shape index (κ1) is 16.6. The van der Waals surface area contributed by atoms with E-state index in [0.717, 1.165) is 44.5 Å². The van der Waals surface area contributed by atoms with Crippen LogP contribution in [0.15, 0.2) is 30.3 Å². The highest BCUT2D eigenvalue weighted by Crippen LogP contribution is 2.16. The summed E-state index contributed by atoms with van der Waals surface area (Å²) in [4.78, 5) is 14.1. The molecule has 3 N–H and O–H groups in total. The molecule has 0 aromatic heterocycles. The normalized spacial score (nSPS) is 17.1. The fourth-order valence-corrected chi connectivity index (χ4v) is 2.77. The first-order chi connectivity index (χ1) is 10.7. The lowest BCUT2D eigenvalue weighted by molar-refractivity contribution is 0.179. The number of anilines is 1. The van der Waals surface area contributed by atoms with Gasteiger partial charge in [0.2, 0.25) is 0 Å². The second kappa shape index (κ2) is 8.63. The average molecular weight is 305 g/mol. The Morgan fingerprint density at radius 3 is 2.64 bits per heavy atom. The van der Waals surface area contributed by atoms with E-state index in [0.29, 0.717) is 6.04 Å². The molecule has 1 fully saturated rings. The van der Waals surface area contributed by atoms with Crippen LogP contribution in [0.4, 0.5) is 10.5 Å².